The Labute approximate surface area is 169 Å². The molecule has 1 N–H and O–H groups in total. The number of sulfonamides is 1. The first kappa shape index (κ1) is 22.3. The molecular weight excluding hydrogens is 398 g/mol. The van der Waals surface area contributed by atoms with E-state index < -0.39 is 33.1 Å². The molecule has 156 valence electrons. The molecule has 9 nitrogen and oxygen atoms in total. The van der Waals surface area contributed by atoms with E-state index in [1.807, 2.05) is 13.0 Å². The summed E-state index contributed by atoms with van der Waals surface area (Å²) in [4.78, 5) is 22.5. The van der Waals surface area contributed by atoms with Gasteiger partial charge in [-0.2, -0.15) is 4.31 Å². The van der Waals surface area contributed by atoms with Gasteiger partial charge in [0.25, 0.3) is 5.91 Å². The van der Waals surface area contributed by atoms with Crippen molar-refractivity contribution in [3.63, 3.8) is 0 Å². The molecule has 0 aliphatic rings. The molecule has 1 amide bonds. The average molecular weight is 421 g/mol. The number of hydrogen-bond acceptors (Lipinski definition) is 6. The molecule has 2 rings (SSSR count). The van der Waals surface area contributed by atoms with Crippen LogP contribution in [0.3, 0.4) is 0 Å². The Kier molecular flexibility index (Phi) is 7.29. The van der Waals surface area contributed by atoms with E-state index in [9.17, 15) is 23.3 Å². The lowest BCUT2D eigenvalue weighted by molar-refractivity contribution is -0.386. The van der Waals surface area contributed by atoms with Gasteiger partial charge in [0.1, 0.15) is 0 Å². The van der Waals surface area contributed by atoms with E-state index >= 15 is 0 Å². The molecule has 2 aromatic carbocycles. The Morgan fingerprint density at radius 1 is 1.17 bits per heavy atom. The molecule has 0 atom stereocenters. The molecule has 0 saturated carbocycles. The van der Waals surface area contributed by atoms with Gasteiger partial charge in [-0.15, -0.1) is 0 Å². The average Bonchev–Trinajstić information content (AvgIpc) is 2.67. The van der Waals surface area contributed by atoms with Gasteiger partial charge in [0.2, 0.25) is 10.0 Å². The van der Waals surface area contributed by atoms with Crippen molar-refractivity contribution in [2.45, 2.75) is 25.7 Å². The van der Waals surface area contributed by atoms with Gasteiger partial charge in [0.05, 0.1) is 9.82 Å². The van der Waals surface area contributed by atoms with Crippen LogP contribution in [-0.2, 0) is 14.8 Å². The number of nitrogens with zero attached hydrogens (tertiary/aromatic N) is 2. The summed E-state index contributed by atoms with van der Waals surface area (Å²) in [6.45, 7) is 5.26. The second kappa shape index (κ2) is 9.48. The molecule has 0 unspecified atom stereocenters. The van der Waals surface area contributed by atoms with Crippen LogP contribution in [0.2, 0.25) is 0 Å². The highest BCUT2D eigenvalue weighted by Gasteiger charge is 2.26. The normalized spacial score (nSPS) is 11.3. The first-order valence-corrected chi connectivity index (χ1v) is 10.4. The number of amides is 1. The Morgan fingerprint density at radius 3 is 2.45 bits per heavy atom. The fourth-order valence-corrected chi connectivity index (χ4v) is 4.18. The van der Waals surface area contributed by atoms with E-state index in [0.717, 1.165) is 11.6 Å². The largest absolute Gasteiger partial charge is 0.477 e. The minimum absolute atomic E-state index is 0.187. The molecule has 0 radical (unpaired) electrons. The van der Waals surface area contributed by atoms with Crippen LogP contribution in [0.15, 0.2) is 47.4 Å². The van der Waals surface area contributed by atoms with E-state index in [2.05, 4.69) is 5.32 Å². The third-order valence-electron chi connectivity index (χ3n) is 4.13. The molecule has 2 aromatic rings. The number of nitro groups is 1. The lowest BCUT2D eigenvalue weighted by atomic mass is 10.2. The van der Waals surface area contributed by atoms with E-state index in [4.69, 9.17) is 4.74 Å². The molecule has 0 spiro atoms. The minimum Gasteiger partial charge on any atom is -0.477 e. The smallest absolute Gasteiger partial charge is 0.312 e. The lowest BCUT2D eigenvalue weighted by Gasteiger charge is -2.18. The highest BCUT2D eigenvalue weighted by Crippen LogP contribution is 2.31. The molecule has 29 heavy (non-hydrogen) atoms. The van der Waals surface area contributed by atoms with Gasteiger partial charge in [-0.05, 0) is 36.8 Å². The predicted molar refractivity (Wildman–Crippen MR) is 109 cm³/mol. The summed E-state index contributed by atoms with van der Waals surface area (Å²) in [7, 11) is -3.86. The molecule has 10 heteroatoms. The Bertz CT molecular complexity index is 1000. The first-order chi connectivity index (χ1) is 13.7. The van der Waals surface area contributed by atoms with Crippen LogP contribution in [0.1, 0.15) is 19.4 Å². The second-order valence-electron chi connectivity index (χ2n) is 6.18. The lowest BCUT2D eigenvalue weighted by Crippen LogP contribution is -2.30. The third kappa shape index (κ3) is 5.52. The second-order valence-corrected chi connectivity index (χ2v) is 8.12. The van der Waals surface area contributed by atoms with E-state index in [0.29, 0.717) is 5.69 Å². The number of benzene rings is 2. The van der Waals surface area contributed by atoms with Gasteiger partial charge in [0.15, 0.2) is 12.4 Å². The zero-order valence-corrected chi connectivity index (χ0v) is 17.2. The fraction of sp³-hybridized carbons (Fsp3) is 0.316. The third-order valence-corrected chi connectivity index (χ3v) is 6.18. The topological polar surface area (TPSA) is 119 Å². The van der Waals surface area contributed by atoms with Crippen LogP contribution in [-0.4, -0.2) is 43.2 Å². The predicted octanol–water partition coefficient (Wildman–Crippen LogP) is 2.95. The van der Waals surface area contributed by atoms with Crippen molar-refractivity contribution in [3.8, 4) is 5.75 Å². The maximum absolute atomic E-state index is 12.6. The van der Waals surface area contributed by atoms with Crippen LogP contribution in [0.4, 0.5) is 11.4 Å². The van der Waals surface area contributed by atoms with Gasteiger partial charge in [-0.1, -0.05) is 26.0 Å². The van der Waals surface area contributed by atoms with Crippen LogP contribution in [0.5, 0.6) is 5.75 Å². The number of hydrogen-bond donors (Lipinski definition) is 1. The highest BCUT2D eigenvalue weighted by molar-refractivity contribution is 7.89. The summed E-state index contributed by atoms with van der Waals surface area (Å²) in [6.07, 6.45) is 0. The molecular formula is C19H23N3O6S. The van der Waals surface area contributed by atoms with Gasteiger partial charge in [-0.25, -0.2) is 8.42 Å². The first-order valence-electron chi connectivity index (χ1n) is 8.97. The van der Waals surface area contributed by atoms with Gasteiger partial charge < -0.3 is 10.1 Å². The number of rotatable bonds is 9. The summed E-state index contributed by atoms with van der Waals surface area (Å²) in [5.41, 5.74) is 1.01. The van der Waals surface area contributed by atoms with Crippen molar-refractivity contribution in [3.05, 3.63) is 58.1 Å². The molecule has 0 fully saturated rings. The summed E-state index contributed by atoms with van der Waals surface area (Å²) in [6, 6.07) is 10.5. The van der Waals surface area contributed by atoms with Gasteiger partial charge in [0, 0.05) is 24.8 Å². The zero-order valence-electron chi connectivity index (χ0n) is 16.4. The van der Waals surface area contributed by atoms with Crippen molar-refractivity contribution < 1.29 is 22.9 Å². The Morgan fingerprint density at radius 2 is 1.86 bits per heavy atom. The molecule has 0 saturated heterocycles. The summed E-state index contributed by atoms with van der Waals surface area (Å²) in [5, 5.41) is 14.0. The number of aryl methyl sites for hydroxylation is 1. The van der Waals surface area contributed by atoms with Gasteiger partial charge >= 0.3 is 5.69 Å². The zero-order chi connectivity index (χ0) is 21.6. The number of carbonyl (C=O) groups excluding carboxylic acids is 1. The van der Waals surface area contributed by atoms with Gasteiger partial charge in [-0.3, -0.25) is 14.9 Å². The SMILES string of the molecule is CCN(CC)S(=O)(=O)c1ccc(OCC(=O)Nc2cccc(C)c2)c([N+](=O)[O-])c1. The number of ether oxygens (including phenoxy) is 1. The number of nitro benzene ring substituents is 1. The van der Waals surface area contributed by atoms with Crippen LogP contribution in [0, 0.1) is 17.0 Å². The van der Waals surface area contributed by atoms with Crippen LogP contribution >= 0.6 is 0 Å². The van der Waals surface area contributed by atoms with E-state index in [1.165, 1.54) is 16.4 Å². The molecule has 0 bridgehead atoms. The number of nitrogens with one attached hydrogen (secondary N) is 1. The van der Waals surface area contributed by atoms with Crippen LogP contribution < -0.4 is 10.1 Å². The fourth-order valence-electron chi connectivity index (χ4n) is 2.70. The van der Waals surface area contributed by atoms with Crippen LogP contribution in [0.25, 0.3) is 0 Å². The van der Waals surface area contributed by atoms with Crippen molar-refractivity contribution in [1.82, 2.24) is 4.31 Å². The van der Waals surface area contributed by atoms with E-state index in [-0.39, 0.29) is 23.7 Å². The molecule has 0 aliphatic carbocycles. The maximum Gasteiger partial charge on any atom is 0.312 e. The quantitative estimate of drug-likeness (QED) is 0.491. The standard InChI is InChI=1S/C19H23N3O6S/c1-4-21(5-2)29(26,27)16-9-10-18(17(12-16)22(24)25)28-13-19(23)20-15-8-6-7-14(3)11-15/h6-12H,4-5,13H2,1-3H3,(H,20,23). The van der Waals surface area contributed by atoms with Crippen molar-refractivity contribution in [1.29, 1.82) is 0 Å². The van der Waals surface area contributed by atoms with E-state index in [1.54, 1.807) is 32.0 Å². The van der Waals surface area contributed by atoms with Crippen molar-refractivity contribution in [2.75, 3.05) is 25.0 Å². The summed E-state index contributed by atoms with van der Waals surface area (Å²) in [5.74, 6) is -0.683. The van der Waals surface area contributed by atoms with Crippen molar-refractivity contribution >= 4 is 27.3 Å². The number of anilines is 1. The molecule has 0 aromatic heterocycles. The highest BCUT2D eigenvalue weighted by atomic mass is 32.2. The molecule has 0 aliphatic heterocycles. The molecule has 0 heterocycles. The summed E-state index contributed by atoms with van der Waals surface area (Å²) < 4.78 is 31.6. The summed E-state index contributed by atoms with van der Waals surface area (Å²) >= 11 is 0. The Balaban J connectivity index is 2.19. The number of carbonyl (C=O) groups is 1. The Hall–Kier alpha value is -2.98. The monoisotopic (exact) mass is 421 g/mol. The maximum atomic E-state index is 12.6. The minimum atomic E-state index is -3.86. The van der Waals surface area contributed by atoms with Crippen molar-refractivity contribution in [2.24, 2.45) is 0 Å².